The second-order valence-corrected chi connectivity index (χ2v) is 12.6. The Kier molecular flexibility index (Phi) is 8.75. The molecule has 1 rings (SSSR count). The number of alkyl carbamates (subject to hydrolysis) is 1. The summed E-state index contributed by atoms with van der Waals surface area (Å²) in [6, 6.07) is -1.73. The van der Waals surface area contributed by atoms with E-state index in [0.29, 0.717) is 6.42 Å². The third-order valence-electron chi connectivity index (χ3n) is 4.73. The number of carbonyl (C=O) groups is 3. The van der Waals surface area contributed by atoms with Gasteiger partial charge in [0.15, 0.2) is 0 Å². The van der Waals surface area contributed by atoms with E-state index in [1.54, 1.807) is 41.5 Å². The summed E-state index contributed by atoms with van der Waals surface area (Å²) in [7, 11) is -3.06. The summed E-state index contributed by atoms with van der Waals surface area (Å²) in [5.74, 6) is -0.737. The molecule has 0 heterocycles. The zero-order chi connectivity index (χ0) is 24.1. The lowest BCUT2D eigenvalue weighted by Gasteiger charge is -2.42. The lowest BCUT2D eigenvalue weighted by molar-refractivity contribution is -0.157. The van der Waals surface area contributed by atoms with E-state index < -0.39 is 50.6 Å². The van der Waals surface area contributed by atoms with Gasteiger partial charge in [-0.05, 0) is 73.6 Å². The molecule has 11 heteroatoms. The number of primary amides is 1. The van der Waals surface area contributed by atoms with Crippen LogP contribution in [0.2, 0.25) is 0 Å². The summed E-state index contributed by atoms with van der Waals surface area (Å²) in [6.07, 6.45) is 1.93. The van der Waals surface area contributed by atoms with Crippen molar-refractivity contribution in [1.29, 1.82) is 4.78 Å². The first-order valence-electron chi connectivity index (χ1n) is 10.5. The van der Waals surface area contributed by atoms with Crippen LogP contribution in [0.15, 0.2) is 0 Å². The molecule has 0 aromatic heterocycles. The number of ether oxygens (including phenoxy) is 2. The number of urea groups is 1. The van der Waals surface area contributed by atoms with Crippen molar-refractivity contribution in [1.82, 2.24) is 10.6 Å². The highest BCUT2D eigenvalue weighted by Crippen LogP contribution is 2.35. The molecule has 0 saturated heterocycles. The van der Waals surface area contributed by atoms with Crippen LogP contribution in [0.4, 0.5) is 9.59 Å². The van der Waals surface area contributed by atoms with E-state index in [1.165, 1.54) is 0 Å². The van der Waals surface area contributed by atoms with Gasteiger partial charge in [0.25, 0.3) is 0 Å². The Morgan fingerprint density at radius 2 is 1.61 bits per heavy atom. The molecular formula is C20H38N4O6S. The third-order valence-corrected chi connectivity index (χ3v) is 6.49. The van der Waals surface area contributed by atoms with Gasteiger partial charge in [0.1, 0.15) is 17.2 Å². The first kappa shape index (κ1) is 27.0. The van der Waals surface area contributed by atoms with E-state index in [-0.39, 0.29) is 17.9 Å². The van der Waals surface area contributed by atoms with Gasteiger partial charge in [-0.2, -0.15) is 0 Å². The Morgan fingerprint density at radius 3 is 2.03 bits per heavy atom. The van der Waals surface area contributed by atoms with Crippen LogP contribution >= 0.6 is 0 Å². The molecule has 1 unspecified atom stereocenters. The van der Waals surface area contributed by atoms with Crippen molar-refractivity contribution >= 4 is 27.8 Å². The molecule has 1 fully saturated rings. The van der Waals surface area contributed by atoms with E-state index in [9.17, 15) is 18.6 Å². The number of carbonyl (C=O) groups excluding carboxylic acids is 3. The predicted molar refractivity (Wildman–Crippen MR) is 118 cm³/mol. The molecule has 1 saturated carbocycles. The van der Waals surface area contributed by atoms with Crippen molar-refractivity contribution in [3.05, 3.63) is 0 Å². The second kappa shape index (κ2) is 10.1. The van der Waals surface area contributed by atoms with Crippen LogP contribution in [0.3, 0.4) is 0 Å². The molecule has 0 spiro atoms. The summed E-state index contributed by atoms with van der Waals surface area (Å²) in [5.41, 5.74) is 3.20. The van der Waals surface area contributed by atoms with Gasteiger partial charge in [-0.25, -0.2) is 18.6 Å². The number of nitrogens with two attached hydrogens (primary N) is 1. The summed E-state index contributed by atoms with van der Waals surface area (Å²) in [4.78, 5) is 35.9. The standard InChI is InChI=1S/C20H38N4O6S/c1-18(2,3)29-15(25)14(23-17(27)30-19(4,5)6)8-12-31(22,28)13-11-20(9-7-10-20)24-16(21)26/h14,22H,7-13H2,1-6H3,(H,23,27)(H3,21,24,26)/t14-,31?/m0/s1. The summed E-state index contributed by atoms with van der Waals surface area (Å²) < 4.78 is 31.6. The summed E-state index contributed by atoms with van der Waals surface area (Å²) >= 11 is 0. The molecule has 1 aliphatic rings. The second-order valence-electron chi connectivity index (χ2n) is 10.1. The van der Waals surface area contributed by atoms with Gasteiger partial charge in [0.2, 0.25) is 0 Å². The number of hydrogen-bond donors (Lipinski definition) is 4. The molecule has 0 aromatic carbocycles. The van der Waals surface area contributed by atoms with E-state index >= 15 is 0 Å². The lowest BCUT2D eigenvalue weighted by Crippen LogP contribution is -2.56. The molecule has 0 bridgehead atoms. The Morgan fingerprint density at radius 1 is 1.06 bits per heavy atom. The SMILES string of the molecule is CC(C)(C)OC(=O)N[C@@H](CCS(=N)(=O)CCC1(NC(N)=O)CCC1)C(=O)OC(C)(C)C. The maximum Gasteiger partial charge on any atom is 0.408 e. The van der Waals surface area contributed by atoms with Crippen LogP contribution in [-0.4, -0.2) is 56.6 Å². The fraction of sp³-hybridized carbons (Fsp3) is 0.850. The Labute approximate surface area is 185 Å². The molecule has 3 amide bonds. The quantitative estimate of drug-likeness (QED) is 0.385. The predicted octanol–water partition coefficient (Wildman–Crippen LogP) is 2.64. The van der Waals surface area contributed by atoms with Crippen molar-refractivity contribution in [3.63, 3.8) is 0 Å². The van der Waals surface area contributed by atoms with Gasteiger partial charge in [-0.15, -0.1) is 0 Å². The minimum atomic E-state index is -3.06. The zero-order valence-electron chi connectivity index (χ0n) is 19.5. The zero-order valence-corrected chi connectivity index (χ0v) is 20.3. The van der Waals surface area contributed by atoms with Gasteiger partial charge in [0, 0.05) is 26.8 Å². The molecule has 1 aliphatic carbocycles. The number of amides is 3. The minimum Gasteiger partial charge on any atom is -0.458 e. The summed E-state index contributed by atoms with van der Waals surface area (Å²) in [6.45, 7) is 10.2. The fourth-order valence-corrected chi connectivity index (χ4v) is 4.69. The first-order chi connectivity index (χ1) is 13.9. The number of rotatable bonds is 9. The minimum absolute atomic E-state index is 0.0350. The fourth-order valence-electron chi connectivity index (χ4n) is 3.14. The van der Waals surface area contributed by atoms with E-state index in [4.69, 9.17) is 20.0 Å². The molecule has 2 atom stereocenters. The lowest BCUT2D eigenvalue weighted by atomic mass is 9.75. The Balaban J connectivity index is 2.77. The molecular weight excluding hydrogens is 424 g/mol. The maximum absolute atomic E-state index is 12.8. The molecule has 10 nitrogen and oxygen atoms in total. The molecule has 180 valence electrons. The first-order valence-corrected chi connectivity index (χ1v) is 12.4. The van der Waals surface area contributed by atoms with Gasteiger partial charge in [0.05, 0.1) is 0 Å². The van der Waals surface area contributed by atoms with Gasteiger partial charge in [-0.3, -0.25) is 4.78 Å². The van der Waals surface area contributed by atoms with Crippen molar-refractivity contribution in [2.75, 3.05) is 11.5 Å². The van der Waals surface area contributed by atoms with Crippen LogP contribution in [0.25, 0.3) is 0 Å². The van der Waals surface area contributed by atoms with E-state index in [0.717, 1.165) is 19.3 Å². The Bertz CT molecular complexity index is 764. The van der Waals surface area contributed by atoms with Gasteiger partial charge in [-0.1, -0.05) is 0 Å². The highest BCUT2D eigenvalue weighted by Gasteiger charge is 2.38. The average Bonchev–Trinajstić information content (AvgIpc) is 2.50. The van der Waals surface area contributed by atoms with Crippen LogP contribution in [-0.2, 0) is 24.0 Å². The smallest absolute Gasteiger partial charge is 0.408 e. The third kappa shape index (κ3) is 10.7. The van der Waals surface area contributed by atoms with Crippen LogP contribution in [0, 0.1) is 4.78 Å². The van der Waals surface area contributed by atoms with Crippen molar-refractivity contribution < 1.29 is 28.1 Å². The number of nitrogens with one attached hydrogen (secondary N) is 3. The Hall–Kier alpha value is -2.04. The van der Waals surface area contributed by atoms with Crippen molar-refractivity contribution in [2.24, 2.45) is 5.73 Å². The van der Waals surface area contributed by atoms with E-state index in [2.05, 4.69) is 10.6 Å². The monoisotopic (exact) mass is 462 g/mol. The van der Waals surface area contributed by atoms with Crippen LogP contribution in [0.5, 0.6) is 0 Å². The molecule has 0 aliphatic heterocycles. The molecule has 5 N–H and O–H groups in total. The highest BCUT2D eigenvalue weighted by atomic mass is 32.2. The normalized spacial score (nSPS) is 18.6. The van der Waals surface area contributed by atoms with Crippen molar-refractivity contribution in [2.45, 2.75) is 96.4 Å². The maximum atomic E-state index is 12.8. The molecule has 0 aromatic rings. The van der Waals surface area contributed by atoms with Crippen LogP contribution in [0.1, 0.15) is 73.6 Å². The van der Waals surface area contributed by atoms with Gasteiger partial charge < -0.3 is 25.8 Å². The summed E-state index contributed by atoms with van der Waals surface area (Å²) in [5, 5.41) is 5.18. The largest absolute Gasteiger partial charge is 0.458 e. The molecule has 31 heavy (non-hydrogen) atoms. The molecule has 0 radical (unpaired) electrons. The van der Waals surface area contributed by atoms with E-state index in [1.807, 2.05) is 0 Å². The van der Waals surface area contributed by atoms with Gasteiger partial charge >= 0.3 is 18.1 Å². The average molecular weight is 463 g/mol. The topological polar surface area (TPSA) is 161 Å². The van der Waals surface area contributed by atoms with Crippen LogP contribution < -0.4 is 16.4 Å². The number of hydrogen-bond acceptors (Lipinski definition) is 7. The highest BCUT2D eigenvalue weighted by molar-refractivity contribution is 7.92. The number of esters is 1. The van der Waals surface area contributed by atoms with Crippen molar-refractivity contribution in [3.8, 4) is 0 Å².